The third-order valence-electron chi connectivity index (χ3n) is 2.33. The molecule has 0 bridgehead atoms. The van der Waals surface area contributed by atoms with Gasteiger partial charge in [0.25, 0.3) is 5.91 Å². The molecule has 0 spiro atoms. The molecule has 0 unspecified atom stereocenters. The summed E-state index contributed by atoms with van der Waals surface area (Å²) in [5.74, 6) is -1.02. The molecule has 104 valence electrons. The Morgan fingerprint density at radius 2 is 1.84 bits per heavy atom. The summed E-state index contributed by atoms with van der Waals surface area (Å²) in [7, 11) is 4.19. The number of ether oxygens (including phenoxy) is 3. The third kappa shape index (κ3) is 4.31. The van der Waals surface area contributed by atoms with Crippen molar-refractivity contribution in [1.29, 1.82) is 0 Å². The van der Waals surface area contributed by atoms with E-state index >= 15 is 0 Å². The van der Waals surface area contributed by atoms with Crippen molar-refractivity contribution in [1.82, 2.24) is 10.3 Å². The van der Waals surface area contributed by atoms with Gasteiger partial charge in [0.15, 0.2) is 6.29 Å². The summed E-state index contributed by atoms with van der Waals surface area (Å²) in [4.78, 5) is 27.0. The normalized spacial score (nSPS) is 10.3. The number of methoxy groups -OCH3 is 3. The third-order valence-corrected chi connectivity index (χ3v) is 2.33. The fraction of sp³-hybridized carbons (Fsp3) is 0.417. The first-order valence-electron chi connectivity index (χ1n) is 5.51. The van der Waals surface area contributed by atoms with Crippen LogP contribution < -0.4 is 5.32 Å². The number of carbonyl (C=O) groups is 2. The van der Waals surface area contributed by atoms with Gasteiger partial charge in [0.1, 0.15) is 11.4 Å². The van der Waals surface area contributed by atoms with Gasteiger partial charge in [0.05, 0.1) is 13.7 Å². The summed E-state index contributed by atoms with van der Waals surface area (Å²) >= 11 is 0. The Balaban J connectivity index is 2.69. The molecule has 0 atom stereocenters. The van der Waals surface area contributed by atoms with Crippen LogP contribution in [0, 0.1) is 0 Å². The second-order valence-electron chi connectivity index (χ2n) is 3.51. The average molecular weight is 268 g/mol. The highest BCUT2D eigenvalue weighted by atomic mass is 16.7. The Kier molecular flexibility index (Phi) is 5.91. The quantitative estimate of drug-likeness (QED) is 0.586. The number of esters is 1. The summed E-state index contributed by atoms with van der Waals surface area (Å²) in [5, 5.41) is 2.58. The highest BCUT2D eigenvalue weighted by Crippen LogP contribution is 2.01. The predicted octanol–water partition coefficient (Wildman–Crippen LogP) is 0.217. The van der Waals surface area contributed by atoms with E-state index < -0.39 is 18.2 Å². The number of nitrogens with one attached hydrogen (secondary N) is 1. The van der Waals surface area contributed by atoms with Gasteiger partial charge in [0, 0.05) is 14.2 Å². The highest BCUT2D eigenvalue weighted by molar-refractivity contribution is 5.94. The van der Waals surface area contributed by atoms with Crippen LogP contribution in [0.15, 0.2) is 18.2 Å². The average Bonchev–Trinajstić information content (AvgIpc) is 2.47. The monoisotopic (exact) mass is 268 g/mol. The lowest BCUT2D eigenvalue weighted by atomic mass is 10.3. The van der Waals surface area contributed by atoms with E-state index in [-0.39, 0.29) is 17.9 Å². The topological polar surface area (TPSA) is 86.8 Å². The molecule has 7 heteroatoms. The summed E-state index contributed by atoms with van der Waals surface area (Å²) in [5.41, 5.74) is 0.194. The SMILES string of the molecule is COC(=O)c1cccc(C(=O)NCC(OC)OC)n1. The van der Waals surface area contributed by atoms with Crippen molar-refractivity contribution >= 4 is 11.9 Å². The first-order valence-corrected chi connectivity index (χ1v) is 5.51. The number of hydrogen-bond donors (Lipinski definition) is 1. The fourth-order valence-corrected chi connectivity index (χ4v) is 1.31. The maximum absolute atomic E-state index is 11.8. The number of rotatable bonds is 6. The molecule has 0 aromatic carbocycles. The molecule has 0 aliphatic heterocycles. The Morgan fingerprint density at radius 1 is 1.21 bits per heavy atom. The van der Waals surface area contributed by atoms with E-state index in [1.807, 2.05) is 0 Å². The highest BCUT2D eigenvalue weighted by Gasteiger charge is 2.13. The zero-order chi connectivity index (χ0) is 14.3. The Labute approximate surface area is 110 Å². The number of aromatic nitrogens is 1. The molecule has 1 amide bonds. The van der Waals surface area contributed by atoms with Crippen LogP contribution in [0.3, 0.4) is 0 Å². The summed E-state index contributed by atoms with van der Waals surface area (Å²) < 4.78 is 14.4. The van der Waals surface area contributed by atoms with Gasteiger partial charge in [-0.25, -0.2) is 9.78 Å². The van der Waals surface area contributed by atoms with E-state index in [9.17, 15) is 9.59 Å². The molecule has 7 nitrogen and oxygen atoms in total. The van der Waals surface area contributed by atoms with Crippen LogP contribution in [-0.2, 0) is 14.2 Å². The molecule has 0 fully saturated rings. The number of nitrogens with zero attached hydrogens (tertiary/aromatic N) is 1. The van der Waals surface area contributed by atoms with Crippen molar-refractivity contribution in [3.8, 4) is 0 Å². The molecular formula is C12H16N2O5. The maximum Gasteiger partial charge on any atom is 0.356 e. The zero-order valence-electron chi connectivity index (χ0n) is 11.0. The first-order chi connectivity index (χ1) is 9.12. The van der Waals surface area contributed by atoms with Gasteiger partial charge in [-0.05, 0) is 12.1 Å². The summed E-state index contributed by atoms with van der Waals surface area (Å²) in [6.45, 7) is 0.177. The van der Waals surface area contributed by atoms with Crippen molar-refractivity contribution in [2.24, 2.45) is 0 Å². The van der Waals surface area contributed by atoms with Crippen LogP contribution in [-0.4, -0.2) is 51.0 Å². The van der Waals surface area contributed by atoms with Gasteiger partial charge in [-0.2, -0.15) is 0 Å². The van der Waals surface area contributed by atoms with Crippen LogP contribution in [0.25, 0.3) is 0 Å². The van der Waals surface area contributed by atoms with Gasteiger partial charge in [-0.15, -0.1) is 0 Å². The largest absolute Gasteiger partial charge is 0.464 e. The van der Waals surface area contributed by atoms with Gasteiger partial charge in [0.2, 0.25) is 0 Å². The van der Waals surface area contributed by atoms with Gasteiger partial charge in [-0.3, -0.25) is 4.79 Å². The molecule has 0 radical (unpaired) electrons. The molecule has 0 saturated heterocycles. The number of pyridine rings is 1. The smallest absolute Gasteiger partial charge is 0.356 e. The Hall–Kier alpha value is -1.99. The fourth-order valence-electron chi connectivity index (χ4n) is 1.31. The maximum atomic E-state index is 11.8. The van der Waals surface area contributed by atoms with E-state index in [4.69, 9.17) is 9.47 Å². The number of hydrogen-bond acceptors (Lipinski definition) is 6. The molecular weight excluding hydrogens is 252 g/mol. The first kappa shape index (κ1) is 15.1. The number of amides is 1. The molecule has 1 aromatic heterocycles. The molecule has 0 aliphatic carbocycles. The van der Waals surface area contributed by atoms with Crippen LogP contribution in [0.1, 0.15) is 21.0 Å². The van der Waals surface area contributed by atoms with E-state index in [2.05, 4.69) is 15.0 Å². The zero-order valence-corrected chi connectivity index (χ0v) is 11.0. The van der Waals surface area contributed by atoms with E-state index in [0.29, 0.717) is 0 Å². The van der Waals surface area contributed by atoms with Crippen LogP contribution in [0.2, 0.25) is 0 Å². The van der Waals surface area contributed by atoms with Gasteiger partial charge in [-0.1, -0.05) is 6.07 Å². The molecule has 1 N–H and O–H groups in total. The van der Waals surface area contributed by atoms with Crippen molar-refractivity contribution in [3.63, 3.8) is 0 Å². The second kappa shape index (κ2) is 7.45. The van der Waals surface area contributed by atoms with Crippen molar-refractivity contribution in [2.75, 3.05) is 27.9 Å². The molecule has 0 saturated carbocycles. The minimum atomic E-state index is -0.596. The van der Waals surface area contributed by atoms with Crippen molar-refractivity contribution < 1.29 is 23.8 Å². The Bertz CT molecular complexity index is 446. The minimum Gasteiger partial charge on any atom is -0.464 e. The lowest BCUT2D eigenvalue weighted by Gasteiger charge is -2.13. The van der Waals surface area contributed by atoms with E-state index in [1.165, 1.54) is 33.5 Å². The summed E-state index contributed by atoms with van der Waals surface area (Å²) in [6, 6.07) is 4.52. The molecule has 0 aliphatic rings. The molecule has 19 heavy (non-hydrogen) atoms. The number of carbonyl (C=O) groups excluding carboxylic acids is 2. The van der Waals surface area contributed by atoms with Crippen molar-refractivity contribution in [2.45, 2.75) is 6.29 Å². The van der Waals surface area contributed by atoms with Crippen LogP contribution >= 0.6 is 0 Å². The molecule has 1 aromatic rings. The lowest BCUT2D eigenvalue weighted by Crippen LogP contribution is -2.34. The van der Waals surface area contributed by atoms with Gasteiger partial charge < -0.3 is 19.5 Å². The van der Waals surface area contributed by atoms with E-state index in [1.54, 1.807) is 6.07 Å². The Morgan fingerprint density at radius 3 is 2.42 bits per heavy atom. The second-order valence-corrected chi connectivity index (χ2v) is 3.51. The molecule has 1 heterocycles. The lowest BCUT2D eigenvalue weighted by molar-refractivity contribution is -0.0974. The van der Waals surface area contributed by atoms with Crippen LogP contribution in [0.4, 0.5) is 0 Å². The summed E-state index contributed by atoms with van der Waals surface area (Å²) in [6.07, 6.45) is -0.535. The van der Waals surface area contributed by atoms with Crippen LogP contribution in [0.5, 0.6) is 0 Å². The van der Waals surface area contributed by atoms with Crippen molar-refractivity contribution in [3.05, 3.63) is 29.6 Å². The van der Waals surface area contributed by atoms with Gasteiger partial charge >= 0.3 is 5.97 Å². The van der Waals surface area contributed by atoms with E-state index in [0.717, 1.165) is 0 Å². The predicted molar refractivity (Wildman–Crippen MR) is 65.7 cm³/mol. The standard InChI is InChI=1S/C12H16N2O5/c1-17-10(18-2)7-13-11(15)8-5-4-6-9(14-8)12(16)19-3/h4-6,10H,7H2,1-3H3,(H,13,15). The minimum absolute atomic E-state index is 0.0742. The molecule has 1 rings (SSSR count).